The molecule has 0 heterocycles. The lowest BCUT2D eigenvalue weighted by atomic mass is 9.42. The first-order chi connectivity index (χ1) is 15.8. The van der Waals surface area contributed by atoms with Crippen molar-refractivity contribution in [2.75, 3.05) is 0 Å². The predicted octanol–water partition coefficient (Wildman–Crippen LogP) is 6.58. The van der Waals surface area contributed by atoms with Crippen molar-refractivity contribution in [1.82, 2.24) is 0 Å². The first-order valence-electron chi connectivity index (χ1n) is 14.2. The summed E-state index contributed by atoms with van der Waals surface area (Å²) in [6.07, 6.45) is 10.2. The van der Waals surface area contributed by atoms with Gasteiger partial charge >= 0.3 is 5.97 Å². The summed E-state index contributed by atoms with van der Waals surface area (Å²) in [7, 11) is 0. The molecular weight excluding hydrogens is 424 g/mol. The maximum atomic E-state index is 12.8. The molecule has 34 heavy (non-hydrogen) atoms. The Labute approximate surface area is 208 Å². The number of ketones is 1. The number of aliphatic hydroxyl groups is 1. The highest BCUT2D eigenvalue weighted by Crippen LogP contribution is 2.69. The van der Waals surface area contributed by atoms with Gasteiger partial charge in [0, 0.05) is 12.3 Å². The Bertz CT molecular complexity index is 783. The van der Waals surface area contributed by atoms with Crippen molar-refractivity contribution >= 4 is 11.8 Å². The molecule has 1 unspecified atom stereocenters. The largest absolute Gasteiger partial charge is 0.460 e. The topological polar surface area (TPSA) is 63.6 Å². The Kier molecular flexibility index (Phi) is 7.08. The standard InChI is InChI=1S/C30H50O4/c1-18(8-13-27(33)34-28(3,4)5)23-11-12-24-22-10-9-20-16-21(32)17-26(19(2)31)30(20,7)25(22)14-15-29(23,24)6/h18,20-26,32H,8-17H2,1-7H3/t18-,20-,21+,22+,23-,24+,25+,26?,29-,30+/m1/s1. The van der Waals surface area contributed by atoms with Crippen LogP contribution in [0.3, 0.4) is 0 Å². The minimum Gasteiger partial charge on any atom is -0.460 e. The fourth-order valence-electron chi connectivity index (χ4n) is 9.85. The third-order valence-electron chi connectivity index (χ3n) is 11.3. The second-order valence-electron chi connectivity index (χ2n) is 14.1. The predicted molar refractivity (Wildman–Crippen MR) is 135 cm³/mol. The molecule has 0 amide bonds. The van der Waals surface area contributed by atoms with Gasteiger partial charge in [0.2, 0.25) is 0 Å². The van der Waals surface area contributed by atoms with Gasteiger partial charge in [-0.1, -0.05) is 20.8 Å². The second kappa shape index (κ2) is 9.20. The molecule has 0 aromatic carbocycles. The summed E-state index contributed by atoms with van der Waals surface area (Å²) < 4.78 is 5.57. The third-order valence-corrected chi connectivity index (χ3v) is 11.3. The van der Waals surface area contributed by atoms with Gasteiger partial charge in [-0.3, -0.25) is 9.59 Å². The molecule has 0 aromatic rings. The smallest absolute Gasteiger partial charge is 0.306 e. The molecule has 4 aliphatic rings. The van der Waals surface area contributed by atoms with E-state index in [2.05, 4.69) is 20.8 Å². The van der Waals surface area contributed by atoms with Crippen LogP contribution in [0.25, 0.3) is 0 Å². The summed E-state index contributed by atoms with van der Waals surface area (Å²) >= 11 is 0. The van der Waals surface area contributed by atoms with E-state index >= 15 is 0 Å². The van der Waals surface area contributed by atoms with Gasteiger partial charge in [-0.25, -0.2) is 0 Å². The van der Waals surface area contributed by atoms with E-state index in [4.69, 9.17) is 4.74 Å². The molecule has 0 aliphatic heterocycles. The Morgan fingerprint density at radius 3 is 2.38 bits per heavy atom. The average molecular weight is 475 g/mol. The molecule has 10 atom stereocenters. The number of esters is 1. The lowest BCUT2D eigenvalue weighted by Gasteiger charge is -2.63. The highest BCUT2D eigenvalue weighted by Gasteiger charge is 2.63. The number of aliphatic hydroxyl groups excluding tert-OH is 1. The molecule has 4 nitrogen and oxygen atoms in total. The van der Waals surface area contributed by atoms with Crippen LogP contribution in [0, 0.1) is 52.3 Å². The molecular formula is C30H50O4. The lowest BCUT2D eigenvalue weighted by molar-refractivity contribution is -0.168. The van der Waals surface area contributed by atoms with Gasteiger partial charge in [-0.05, 0) is 132 Å². The fourth-order valence-corrected chi connectivity index (χ4v) is 9.85. The molecule has 194 valence electrons. The van der Waals surface area contributed by atoms with Crippen LogP contribution >= 0.6 is 0 Å². The molecule has 4 saturated carbocycles. The van der Waals surface area contributed by atoms with Crippen molar-refractivity contribution in [3.8, 4) is 0 Å². The molecule has 0 radical (unpaired) electrons. The van der Waals surface area contributed by atoms with E-state index in [0.717, 1.165) is 18.8 Å². The van der Waals surface area contributed by atoms with Crippen LogP contribution in [0.15, 0.2) is 0 Å². The van der Waals surface area contributed by atoms with E-state index in [9.17, 15) is 14.7 Å². The molecule has 4 heteroatoms. The summed E-state index contributed by atoms with van der Waals surface area (Å²) in [6.45, 7) is 14.9. The Morgan fingerprint density at radius 1 is 1.03 bits per heavy atom. The molecule has 0 spiro atoms. The first-order valence-corrected chi connectivity index (χ1v) is 14.2. The van der Waals surface area contributed by atoms with Crippen LogP contribution in [0.2, 0.25) is 0 Å². The van der Waals surface area contributed by atoms with Crippen molar-refractivity contribution < 1.29 is 19.4 Å². The summed E-state index contributed by atoms with van der Waals surface area (Å²) in [5.74, 6) is 3.98. The maximum Gasteiger partial charge on any atom is 0.306 e. The Hall–Kier alpha value is -0.900. The molecule has 0 saturated heterocycles. The zero-order valence-electron chi connectivity index (χ0n) is 22.9. The second-order valence-corrected chi connectivity index (χ2v) is 14.1. The Balaban J connectivity index is 1.48. The Morgan fingerprint density at radius 2 is 1.74 bits per heavy atom. The minimum absolute atomic E-state index is 0.0170. The van der Waals surface area contributed by atoms with Gasteiger partial charge in [0.15, 0.2) is 0 Å². The molecule has 0 bridgehead atoms. The fraction of sp³-hybridized carbons (Fsp3) is 0.933. The van der Waals surface area contributed by atoms with Gasteiger partial charge in [0.1, 0.15) is 11.4 Å². The number of ether oxygens (including phenoxy) is 1. The van der Waals surface area contributed by atoms with E-state index in [0.29, 0.717) is 53.6 Å². The van der Waals surface area contributed by atoms with E-state index in [1.807, 2.05) is 20.8 Å². The number of hydrogen-bond donors (Lipinski definition) is 1. The number of carbonyl (C=O) groups is 2. The summed E-state index contributed by atoms with van der Waals surface area (Å²) in [4.78, 5) is 25.1. The lowest BCUT2D eigenvalue weighted by Crippen LogP contribution is -2.58. The van der Waals surface area contributed by atoms with Gasteiger partial charge < -0.3 is 9.84 Å². The van der Waals surface area contributed by atoms with E-state index in [-0.39, 0.29) is 23.4 Å². The van der Waals surface area contributed by atoms with Crippen molar-refractivity contribution in [3.05, 3.63) is 0 Å². The third kappa shape index (κ3) is 4.50. The molecule has 4 aliphatic carbocycles. The number of fused-ring (bicyclic) bond motifs is 5. The van der Waals surface area contributed by atoms with E-state index in [1.54, 1.807) is 6.92 Å². The first kappa shape index (κ1) is 26.2. The quantitative estimate of drug-likeness (QED) is 0.457. The SMILES string of the molecule is CC(=O)C1C[C@@H](O)C[C@H]2CC[C@H]3[C@@H]4CC[C@H]([C@H](C)CCC(=O)OC(C)(C)C)[C@@]4(C)CC[C@@H]3[C@@]12C. The summed E-state index contributed by atoms with van der Waals surface area (Å²) in [5.41, 5.74) is -0.0156. The monoisotopic (exact) mass is 474 g/mol. The van der Waals surface area contributed by atoms with Crippen LogP contribution in [0.5, 0.6) is 0 Å². The van der Waals surface area contributed by atoms with Crippen molar-refractivity contribution in [2.24, 2.45) is 52.3 Å². The van der Waals surface area contributed by atoms with Crippen molar-refractivity contribution in [1.29, 1.82) is 0 Å². The van der Waals surface area contributed by atoms with E-state index in [1.165, 1.54) is 38.5 Å². The zero-order chi connectivity index (χ0) is 25.1. The number of rotatable bonds is 5. The van der Waals surface area contributed by atoms with Crippen molar-refractivity contribution in [2.45, 2.75) is 124 Å². The number of Topliss-reactive ketones (excluding diaryl/α,β-unsaturated/α-hetero) is 1. The van der Waals surface area contributed by atoms with Crippen LogP contribution < -0.4 is 0 Å². The number of hydrogen-bond acceptors (Lipinski definition) is 4. The van der Waals surface area contributed by atoms with Crippen LogP contribution in [-0.2, 0) is 14.3 Å². The summed E-state index contributed by atoms with van der Waals surface area (Å²) in [6, 6.07) is 0. The van der Waals surface area contributed by atoms with E-state index < -0.39 is 5.60 Å². The maximum absolute atomic E-state index is 12.8. The van der Waals surface area contributed by atoms with Crippen LogP contribution in [0.4, 0.5) is 0 Å². The van der Waals surface area contributed by atoms with Gasteiger partial charge in [0.25, 0.3) is 0 Å². The van der Waals surface area contributed by atoms with Gasteiger partial charge in [0.05, 0.1) is 6.10 Å². The highest BCUT2D eigenvalue weighted by atomic mass is 16.6. The van der Waals surface area contributed by atoms with Gasteiger partial charge in [-0.15, -0.1) is 0 Å². The molecule has 0 aromatic heterocycles. The normalized spacial score (nSPS) is 45.0. The minimum atomic E-state index is -0.412. The average Bonchev–Trinajstić information content (AvgIpc) is 3.08. The molecule has 4 fully saturated rings. The zero-order valence-corrected chi connectivity index (χ0v) is 22.9. The molecule has 4 rings (SSSR count). The summed E-state index contributed by atoms with van der Waals surface area (Å²) in [5, 5.41) is 10.5. The highest BCUT2D eigenvalue weighted by molar-refractivity contribution is 5.79. The molecule has 1 N–H and O–H groups in total. The van der Waals surface area contributed by atoms with Crippen LogP contribution in [-0.4, -0.2) is 28.6 Å². The number of carbonyl (C=O) groups excluding carboxylic acids is 2. The van der Waals surface area contributed by atoms with Crippen LogP contribution in [0.1, 0.15) is 113 Å². The van der Waals surface area contributed by atoms with Gasteiger partial charge in [-0.2, -0.15) is 0 Å². The van der Waals surface area contributed by atoms with Crippen molar-refractivity contribution in [3.63, 3.8) is 0 Å².